The largest absolute Gasteiger partial charge is 0.318 e. The van der Waals surface area contributed by atoms with Crippen molar-refractivity contribution >= 4 is 23.2 Å². The van der Waals surface area contributed by atoms with Gasteiger partial charge in [0.05, 0.1) is 18.4 Å². The number of aromatic nitrogens is 6. The predicted octanol–water partition coefficient (Wildman–Crippen LogP) is 2.74. The van der Waals surface area contributed by atoms with Crippen LogP contribution in [0.15, 0.2) is 67.4 Å². The summed E-state index contributed by atoms with van der Waals surface area (Å²) in [5, 5.41) is 16.1. The summed E-state index contributed by atoms with van der Waals surface area (Å²) in [4.78, 5) is 12.4. The van der Waals surface area contributed by atoms with E-state index in [1.165, 1.54) is 0 Å². The maximum Gasteiger partial charge on any atom is 0.276 e. The highest BCUT2D eigenvalue weighted by atomic mass is 35.5. The number of nitrogens with zero attached hydrogens (tertiary/aromatic N) is 6. The van der Waals surface area contributed by atoms with Crippen LogP contribution in [0, 0.1) is 0 Å². The van der Waals surface area contributed by atoms with E-state index >= 15 is 0 Å². The maximum atomic E-state index is 12.4. The van der Waals surface area contributed by atoms with Crippen LogP contribution < -0.4 is 5.32 Å². The van der Waals surface area contributed by atoms with E-state index in [0.29, 0.717) is 29.6 Å². The summed E-state index contributed by atoms with van der Waals surface area (Å²) in [6.07, 6.45) is 8.60. The summed E-state index contributed by atoms with van der Waals surface area (Å²) in [5.41, 5.74) is 1.87. The molecule has 0 bridgehead atoms. The molecule has 4 aromatic rings. The molecule has 0 saturated heterocycles. The van der Waals surface area contributed by atoms with Crippen molar-refractivity contribution in [3.05, 3.63) is 83.7 Å². The first-order chi connectivity index (χ1) is 13.2. The summed E-state index contributed by atoms with van der Waals surface area (Å²) in [7, 11) is 0. The van der Waals surface area contributed by atoms with Gasteiger partial charge in [-0.05, 0) is 23.8 Å². The van der Waals surface area contributed by atoms with Crippen LogP contribution in [0.1, 0.15) is 16.1 Å². The Morgan fingerprint density at radius 1 is 1.04 bits per heavy atom. The van der Waals surface area contributed by atoms with Crippen LogP contribution in [0.25, 0.3) is 0 Å². The Morgan fingerprint density at radius 2 is 1.93 bits per heavy atom. The van der Waals surface area contributed by atoms with Gasteiger partial charge >= 0.3 is 0 Å². The highest BCUT2D eigenvalue weighted by Gasteiger charge is 2.11. The van der Waals surface area contributed by atoms with Crippen molar-refractivity contribution in [2.24, 2.45) is 0 Å². The normalized spacial score (nSPS) is 10.9. The topological polar surface area (TPSA) is 82.6 Å². The average Bonchev–Trinajstić information content (AvgIpc) is 3.40. The fraction of sp³-hybridized carbons (Fsp3) is 0.111. The Labute approximate surface area is 160 Å². The van der Waals surface area contributed by atoms with E-state index in [1.54, 1.807) is 44.9 Å². The van der Waals surface area contributed by atoms with Crippen LogP contribution in [0.2, 0.25) is 5.02 Å². The molecule has 136 valence electrons. The van der Waals surface area contributed by atoms with E-state index < -0.39 is 0 Å². The van der Waals surface area contributed by atoms with Crippen molar-refractivity contribution < 1.29 is 4.79 Å². The van der Waals surface area contributed by atoms with Gasteiger partial charge in [0, 0.05) is 29.8 Å². The van der Waals surface area contributed by atoms with Crippen molar-refractivity contribution in [1.82, 2.24) is 29.3 Å². The number of hydrogen-bond acceptors (Lipinski definition) is 4. The van der Waals surface area contributed by atoms with E-state index in [-0.39, 0.29) is 5.91 Å². The number of carbonyl (C=O) groups is 1. The van der Waals surface area contributed by atoms with Gasteiger partial charge < -0.3 is 5.32 Å². The minimum atomic E-state index is -0.300. The lowest BCUT2D eigenvalue weighted by Crippen LogP contribution is -2.14. The molecule has 0 aliphatic rings. The van der Waals surface area contributed by atoms with Gasteiger partial charge in [0.1, 0.15) is 6.67 Å². The molecule has 8 nitrogen and oxygen atoms in total. The molecule has 0 aliphatic heterocycles. The van der Waals surface area contributed by atoms with Gasteiger partial charge in [0.25, 0.3) is 5.91 Å². The number of rotatable bonds is 6. The van der Waals surface area contributed by atoms with Crippen molar-refractivity contribution in [3.63, 3.8) is 0 Å². The first kappa shape index (κ1) is 17.0. The van der Waals surface area contributed by atoms with Gasteiger partial charge in [-0.1, -0.05) is 29.8 Å². The highest BCUT2D eigenvalue weighted by molar-refractivity contribution is 6.31. The lowest BCUT2D eigenvalue weighted by Gasteiger charge is -2.04. The third-order valence-corrected chi connectivity index (χ3v) is 4.27. The molecule has 0 radical (unpaired) electrons. The molecule has 3 heterocycles. The molecule has 0 saturated carbocycles. The summed E-state index contributed by atoms with van der Waals surface area (Å²) >= 11 is 6.17. The monoisotopic (exact) mass is 381 g/mol. The second-order valence-corrected chi connectivity index (χ2v) is 6.31. The predicted molar refractivity (Wildman–Crippen MR) is 101 cm³/mol. The average molecular weight is 382 g/mol. The number of carbonyl (C=O) groups excluding carboxylic acids is 1. The molecule has 1 amide bonds. The van der Waals surface area contributed by atoms with E-state index in [9.17, 15) is 4.79 Å². The van der Waals surface area contributed by atoms with E-state index in [4.69, 9.17) is 11.6 Å². The zero-order valence-electron chi connectivity index (χ0n) is 14.2. The number of benzene rings is 1. The second-order valence-electron chi connectivity index (χ2n) is 5.90. The van der Waals surface area contributed by atoms with Crippen molar-refractivity contribution in [2.75, 3.05) is 5.32 Å². The number of amides is 1. The molecule has 0 spiro atoms. The minimum Gasteiger partial charge on any atom is -0.318 e. The molecule has 9 heteroatoms. The molecule has 4 rings (SSSR count). The van der Waals surface area contributed by atoms with Crippen molar-refractivity contribution in [2.45, 2.75) is 13.2 Å². The fourth-order valence-corrected chi connectivity index (χ4v) is 2.80. The fourth-order valence-electron chi connectivity index (χ4n) is 2.60. The summed E-state index contributed by atoms with van der Waals surface area (Å²) in [5.74, 6) is -0.300. The molecule has 0 aliphatic carbocycles. The summed E-state index contributed by atoms with van der Waals surface area (Å²) < 4.78 is 5.07. The zero-order chi connectivity index (χ0) is 18.6. The molecular formula is C18H16ClN7O. The lowest BCUT2D eigenvalue weighted by atomic mass is 10.2. The zero-order valence-corrected chi connectivity index (χ0v) is 15.0. The van der Waals surface area contributed by atoms with Gasteiger partial charge in [-0.15, -0.1) is 0 Å². The molecule has 0 fully saturated rings. The number of hydrogen-bond donors (Lipinski definition) is 1. The third kappa shape index (κ3) is 4.06. The Kier molecular flexibility index (Phi) is 4.71. The van der Waals surface area contributed by atoms with E-state index in [2.05, 4.69) is 20.6 Å². The number of nitrogens with one attached hydrogen (secondary N) is 1. The van der Waals surface area contributed by atoms with Crippen LogP contribution >= 0.6 is 11.6 Å². The van der Waals surface area contributed by atoms with Gasteiger partial charge in [0.15, 0.2) is 5.69 Å². The molecular weight excluding hydrogens is 366 g/mol. The Balaban J connectivity index is 1.39. The SMILES string of the molecule is O=C(Nc1cnn(Cc2ccccc2Cl)c1)c1ccn(Cn2cccn2)n1. The Hall–Kier alpha value is -3.39. The molecule has 27 heavy (non-hydrogen) atoms. The van der Waals surface area contributed by atoms with Crippen LogP contribution in [0.5, 0.6) is 0 Å². The van der Waals surface area contributed by atoms with Gasteiger partial charge in [0.2, 0.25) is 0 Å². The van der Waals surface area contributed by atoms with Crippen molar-refractivity contribution in [1.29, 1.82) is 0 Å². The second kappa shape index (κ2) is 7.46. The van der Waals surface area contributed by atoms with Crippen LogP contribution in [0.3, 0.4) is 0 Å². The van der Waals surface area contributed by atoms with Gasteiger partial charge in [-0.25, -0.2) is 0 Å². The first-order valence-electron chi connectivity index (χ1n) is 8.25. The van der Waals surface area contributed by atoms with Gasteiger partial charge in [-0.2, -0.15) is 15.3 Å². The molecule has 0 atom stereocenters. The van der Waals surface area contributed by atoms with Crippen molar-refractivity contribution in [3.8, 4) is 0 Å². The van der Waals surface area contributed by atoms with Gasteiger partial charge in [-0.3, -0.25) is 18.8 Å². The minimum absolute atomic E-state index is 0.300. The van der Waals surface area contributed by atoms with Crippen LogP contribution in [-0.4, -0.2) is 35.2 Å². The van der Waals surface area contributed by atoms with Crippen LogP contribution in [-0.2, 0) is 13.2 Å². The molecule has 3 aromatic heterocycles. The Morgan fingerprint density at radius 3 is 2.74 bits per heavy atom. The quantitative estimate of drug-likeness (QED) is 0.556. The standard InChI is InChI=1S/C18H16ClN7O/c19-16-5-2-1-4-14(16)11-26-12-15(10-21-26)22-18(27)17-6-9-25(23-17)13-24-8-3-7-20-24/h1-10,12H,11,13H2,(H,22,27). The van der Waals surface area contributed by atoms with Crippen LogP contribution in [0.4, 0.5) is 5.69 Å². The summed E-state index contributed by atoms with van der Waals surface area (Å²) in [6.45, 7) is 0.962. The smallest absolute Gasteiger partial charge is 0.276 e. The third-order valence-electron chi connectivity index (χ3n) is 3.90. The molecule has 0 unspecified atom stereocenters. The van der Waals surface area contributed by atoms with E-state index in [1.807, 2.05) is 36.5 Å². The Bertz CT molecular complexity index is 1050. The number of anilines is 1. The van der Waals surface area contributed by atoms with E-state index in [0.717, 1.165) is 5.56 Å². The molecule has 1 N–H and O–H groups in total. The number of halogens is 1. The summed E-state index contributed by atoms with van der Waals surface area (Å²) in [6, 6.07) is 11.1. The lowest BCUT2D eigenvalue weighted by molar-refractivity contribution is 0.102. The first-order valence-corrected chi connectivity index (χ1v) is 8.63. The maximum absolute atomic E-state index is 12.4. The highest BCUT2D eigenvalue weighted by Crippen LogP contribution is 2.17. The molecule has 1 aromatic carbocycles.